The normalized spacial score (nSPS) is 15.4. The molecular formula is C19H21FN4O3. The highest BCUT2D eigenvalue weighted by Gasteiger charge is 2.20. The third-order valence-electron chi connectivity index (χ3n) is 4.53. The number of nitrogens with one attached hydrogen (secondary N) is 1. The van der Waals surface area contributed by atoms with Gasteiger partial charge in [-0.25, -0.2) is 4.39 Å². The van der Waals surface area contributed by atoms with Crippen molar-refractivity contribution in [2.24, 2.45) is 0 Å². The fourth-order valence-corrected chi connectivity index (χ4v) is 3.08. The minimum absolute atomic E-state index is 0.116. The van der Waals surface area contributed by atoms with Gasteiger partial charge in [0.1, 0.15) is 11.5 Å². The van der Waals surface area contributed by atoms with Gasteiger partial charge in [0.05, 0.1) is 11.5 Å². The Morgan fingerprint density at radius 3 is 2.33 bits per heavy atom. The van der Waals surface area contributed by atoms with Crippen LogP contribution in [0.15, 0.2) is 48.5 Å². The molecule has 1 aliphatic rings. The first kappa shape index (κ1) is 18.9. The minimum atomic E-state index is -0.510. The molecule has 1 fully saturated rings. The third kappa shape index (κ3) is 5.32. The van der Waals surface area contributed by atoms with E-state index in [0.29, 0.717) is 0 Å². The zero-order valence-electron chi connectivity index (χ0n) is 14.8. The van der Waals surface area contributed by atoms with Gasteiger partial charge in [-0.1, -0.05) is 24.3 Å². The number of benzene rings is 2. The molecule has 0 saturated carbocycles. The van der Waals surface area contributed by atoms with Gasteiger partial charge in [-0.2, -0.15) is 0 Å². The summed E-state index contributed by atoms with van der Waals surface area (Å²) in [4.78, 5) is 27.0. The number of nitrogens with zero attached hydrogens (tertiary/aromatic N) is 3. The Kier molecular flexibility index (Phi) is 6.10. The summed E-state index contributed by atoms with van der Waals surface area (Å²) < 4.78 is 13.0. The summed E-state index contributed by atoms with van der Waals surface area (Å²) in [5, 5.41) is 13.6. The lowest BCUT2D eigenvalue weighted by Gasteiger charge is -2.34. The molecule has 0 bridgehead atoms. The summed E-state index contributed by atoms with van der Waals surface area (Å²) in [6.45, 7) is 4.00. The topological polar surface area (TPSA) is 78.7 Å². The molecule has 0 aromatic heterocycles. The van der Waals surface area contributed by atoms with Crippen LogP contribution in [-0.2, 0) is 11.3 Å². The number of carbonyl (C=O) groups excluding carboxylic acids is 1. The third-order valence-corrected chi connectivity index (χ3v) is 4.53. The van der Waals surface area contributed by atoms with E-state index in [0.717, 1.165) is 38.3 Å². The summed E-state index contributed by atoms with van der Waals surface area (Å²) in [6, 6.07) is 12.6. The zero-order chi connectivity index (χ0) is 19.2. The van der Waals surface area contributed by atoms with Crippen LogP contribution < -0.4 is 5.32 Å². The average Bonchev–Trinajstić information content (AvgIpc) is 2.65. The van der Waals surface area contributed by atoms with Crippen LogP contribution in [0.2, 0.25) is 0 Å². The molecular weight excluding hydrogens is 351 g/mol. The summed E-state index contributed by atoms with van der Waals surface area (Å²) in [7, 11) is 0. The molecule has 8 heteroatoms. The van der Waals surface area contributed by atoms with Gasteiger partial charge in [-0.3, -0.25) is 24.7 Å². The maximum Gasteiger partial charge on any atom is 0.292 e. The zero-order valence-corrected chi connectivity index (χ0v) is 14.8. The Morgan fingerprint density at radius 1 is 1.04 bits per heavy atom. The van der Waals surface area contributed by atoms with Crippen molar-refractivity contribution in [2.45, 2.75) is 6.54 Å². The fourth-order valence-electron chi connectivity index (χ4n) is 3.08. The van der Waals surface area contributed by atoms with E-state index < -0.39 is 4.92 Å². The van der Waals surface area contributed by atoms with E-state index >= 15 is 0 Å². The molecule has 0 unspecified atom stereocenters. The van der Waals surface area contributed by atoms with E-state index in [1.165, 1.54) is 24.3 Å². The molecule has 0 spiro atoms. The first-order valence-corrected chi connectivity index (χ1v) is 8.74. The van der Waals surface area contributed by atoms with Gasteiger partial charge in [0.25, 0.3) is 5.69 Å². The van der Waals surface area contributed by atoms with E-state index in [9.17, 15) is 19.3 Å². The number of carbonyl (C=O) groups is 1. The van der Waals surface area contributed by atoms with Gasteiger partial charge < -0.3 is 5.32 Å². The van der Waals surface area contributed by atoms with Gasteiger partial charge in [0.2, 0.25) is 5.91 Å². The van der Waals surface area contributed by atoms with Crippen molar-refractivity contribution in [2.75, 3.05) is 38.0 Å². The average molecular weight is 372 g/mol. The maximum absolute atomic E-state index is 13.0. The Labute approximate surface area is 156 Å². The van der Waals surface area contributed by atoms with Crippen LogP contribution in [0.1, 0.15) is 5.56 Å². The number of hydrogen-bond acceptors (Lipinski definition) is 5. The van der Waals surface area contributed by atoms with E-state index in [-0.39, 0.29) is 29.6 Å². The number of anilines is 1. The van der Waals surface area contributed by atoms with Crippen molar-refractivity contribution >= 4 is 17.3 Å². The Hall–Kier alpha value is -2.84. The summed E-state index contributed by atoms with van der Waals surface area (Å²) in [5.41, 5.74) is 1.15. The number of amides is 1. The molecule has 1 saturated heterocycles. The molecule has 2 aromatic carbocycles. The molecule has 1 aliphatic heterocycles. The fraction of sp³-hybridized carbons (Fsp3) is 0.316. The maximum atomic E-state index is 13.0. The highest BCUT2D eigenvalue weighted by atomic mass is 19.1. The second-order valence-electron chi connectivity index (χ2n) is 6.50. The predicted octanol–water partition coefficient (Wildman–Crippen LogP) is 2.49. The SMILES string of the molecule is O=C(CN1CCN(Cc2ccc(F)cc2)CC1)Nc1ccccc1[N+](=O)[O-]. The van der Waals surface area contributed by atoms with E-state index in [1.807, 2.05) is 4.90 Å². The lowest BCUT2D eigenvalue weighted by molar-refractivity contribution is -0.383. The second-order valence-corrected chi connectivity index (χ2v) is 6.50. The molecule has 0 radical (unpaired) electrons. The van der Waals surface area contributed by atoms with Crippen molar-refractivity contribution < 1.29 is 14.1 Å². The Morgan fingerprint density at radius 2 is 1.67 bits per heavy atom. The van der Waals surface area contributed by atoms with E-state index in [4.69, 9.17) is 0 Å². The Balaban J connectivity index is 1.47. The van der Waals surface area contributed by atoms with Crippen LogP contribution >= 0.6 is 0 Å². The number of rotatable bonds is 6. The summed E-state index contributed by atoms with van der Waals surface area (Å²) in [5.74, 6) is -0.510. The second kappa shape index (κ2) is 8.70. The van der Waals surface area contributed by atoms with Gasteiger partial charge in [0.15, 0.2) is 0 Å². The van der Waals surface area contributed by atoms with Crippen molar-refractivity contribution in [1.82, 2.24) is 9.80 Å². The number of nitro groups is 1. The molecule has 3 rings (SSSR count). The van der Waals surface area contributed by atoms with Crippen molar-refractivity contribution in [3.8, 4) is 0 Å². The molecule has 0 atom stereocenters. The molecule has 27 heavy (non-hydrogen) atoms. The molecule has 0 aliphatic carbocycles. The summed E-state index contributed by atoms with van der Waals surface area (Å²) >= 11 is 0. The molecule has 7 nitrogen and oxygen atoms in total. The number of nitro benzene ring substituents is 1. The van der Waals surface area contributed by atoms with Crippen LogP contribution in [0.5, 0.6) is 0 Å². The highest BCUT2D eigenvalue weighted by Crippen LogP contribution is 2.23. The van der Waals surface area contributed by atoms with Crippen LogP contribution in [-0.4, -0.2) is 53.4 Å². The lowest BCUT2D eigenvalue weighted by Crippen LogP contribution is -2.48. The van der Waals surface area contributed by atoms with Gasteiger partial charge >= 0.3 is 0 Å². The molecule has 2 aromatic rings. The summed E-state index contributed by atoms with van der Waals surface area (Å²) in [6.07, 6.45) is 0. The quantitative estimate of drug-likeness (QED) is 0.623. The smallest absolute Gasteiger partial charge is 0.292 e. The van der Waals surface area contributed by atoms with Crippen LogP contribution in [0, 0.1) is 15.9 Å². The predicted molar refractivity (Wildman–Crippen MR) is 99.8 cm³/mol. The van der Waals surface area contributed by atoms with E-state index in [2.05, 4.69) is 10.2 Å². The molecule has 142 valence electrons. The largest absolute Gasteiger partial charge is 0.319 e. The van der Waals surface area contributed by atoms with Crippen molar-refractivity contribution in [3.05, 3.63) is 70.0 Å². The Bertz CT molecular complexity index is 805. The molecule has 1 amide bonds. The number of piperazine rings is 1. The monoisotopic (exact) mass is 372 g/mol. The van der Waals surface area contributed by atoms with Crippen LogP contribution in [0.25, 0.3) is 0 Å². The van der Waals surface area contributed by atoms with Gasteiger partial charge in [-0.05, 0) is 23.8 Å². The lowest BCUT2D eigenvalue weighted by atomic mass is 10.2. The number of hydrogen-bond donors (Lipinski definition) is 1. The molecule has 1 heterocycles. The standard InChI is InChI=1S/C19H21FN4O3/c20-16-7-5-15(6-8-16)13-22-9-11-23(12-10-22)14-19(25)21-17-3-1-2-4-18(17)24(26)27/h1-8H,9-14H2,(H,21,25). The first-order valence-electron chi connectivity index (χ1n) is 8.74. The number of halogens is 1. The molecule has 1 N–H and O–H groups in total. The van der Waals surface area contributed by atoms with Crippen molar-refractivity contribution in [1.29, 1.82) is 0 Å². The number of para-hydroxylation sites is 2. The van der Waals surface area contributed by atoms with Gasteiger partial charge in [0, 0.05) is 38.8 Å². The highest BCUT2D eigenvalue weighted by molar-refractivity contribution is 5.94. The first-order chi connectivity index (χ1) is 13.0. The van der Waals surface area contributed by atoms with Gasteiger partial charge in [-0.15, -0.1) is 0 Å². The minimum Gasteiger partial charge on any atom is -0.319 e. The van der Waals surface area contributed by atoms with Crippen molar-refractivity contribution in [3.63, 3.8) is 0 Å². The van der Waals surface area contributed by atoms with E-state index in [1.54, 1.807) is 24.3 Å². The van der Waals surface area contributed by atoms with Crippen LogP contribution in [0.3, 0.4) is 0 Å². The van der Waals surface area contributed by atoms with Crippen LogP contribution in [0.4, 0.5) is 15.8 Å².